The molecule has 29 heavy (non-hydrogen) atoms. The Balaban J connectivity index is 1.61. The highest BCUT2D eigenvalue weighted by molar-refractivity contribution is 5.98. The summed E-state index contributed by atoms with van der Waals surface area (Å²) >= 11 is 0. The molecule has 0 aromatic heterocycles. The molecule has 5 nitrogen and oxygen atoms in total. The minimum Gasteiger partial charge on any atom is -0.353 e. The monoisotopic (exact) mass is 406 g/mol. The number of Topliss-reactive ketones (excluding diaryl/α,β-unsaturated/α-hetero) is 1. The van der Waals surface area contributed by atoms with E-state index in [9.17, 15) is 4.79 Å². The van der Waals surface area contributed by atoms with Crippen LogP contribution in [0.5, 0.6) is 0 Å². The van der Waals surface area contributed by atoms with Crippen molar-refractivity contribution in [3.63, 3.8) is 0 Å². The molecule has 2 heterocycles. The van der Waals surface area contributed by atoms with Crippen LogP contribution in [0.15, 0.2) is 24.3 Å². The summed E-state index contributed by atoms with van der Waals surface area (Å²) in [7, 11) is 0. The predicted octanol–water partition coefficient (Wildman–Crippen LogP) is 5.09. The Morgan fingerprint density at radius 3 is 2.48 bits per heavy atom. The van der Waals surface area contributed by atoms with Crippen molar-refractivity contribution in [2.24, 2.45) is 5.92 Å². The molecule has 3 aliphatic rings. The highest BCUT2D eigenvalue weighted by Gasteiger charge is 2.37. The van der Waals surface area contributed by atoms with Gasteiger partial charge >= 0.3 is 0 Å². The number of ketones is 1. The molecule has 0 aromatic carbocycles. The minimum absolute atomic E-state index is 0.000248. The molecule has 0 spiro atoms. The normalized spacial score (nSPS) is 32.2. The largest absolute Gasteiger partial charge is 0.353 e. The molecule has 0 aromatic rings. The van der Waals surface area contributed by atoms with Gasteiger partial charge in [0.2, 0.25) is 0 Å². The third-order valence-corrected chi connectivity index (χ3v) is 6.10. The lowest BCUT2D eigenvalue weighted by molar-refractivity contribution is -0.190. The number of ether oxygens (including phenoxy) is 4. The molecule has 3 rings (SSSR count). The van der Waals surface area contributed by atoms with Crippen molar-refractivity contribution >= 4 is 5.78 Å². The summed E-state index contributed by atoms with van der Waals surface area (Å²) in [5.74, 6) is -0.00268. The number of hydrogen-bond donors (Lipinski definition) is 0. The Morgan fingerprint density at radius 2 is 1.83 bits per heavy atom. The minimum atomic E-state index is -0.199. The number of unbranched alkanes of at least 4 members (excludes halogenated alkanes) is 2. The number of rotatable bonds is 10. The summed E-state index contributed by atoms with van der Waals surface area (Å²) in [5.41, 5.74) is 0.642. The van der Waals surface area contributed by atoms with Gasteiger partial charge in [-0.15, -0.1) is 0 Å². The van der Waals surface area contributed by atoms with Crippen molar-refractivity contribution in [2.75, 3.05) is 13.2 Å². The Bertz CT molecular complexity index is 545. The van der Waals surface area contributed by atoms with Crippen LogP contribution in [-0.4, -0.2) is 43.8 Å². The zero-order valence-corrected chi connectivity index (χ0v) is 18.0. The standard InChI is InChI=1S/C24H38O5/c1-3-4-5-10-19(28-23-11-6-8-15-26-23)13-14-20-18(2)21(25)17-22(20)29-24-12-7-9-16-27-24/h13-14,19-20,22-24H,2-12,15-17H2,1H3. The summed E-state index contributed by atoms with van der Waals surface area (Å²) in [4.78, 5) is 12.3. The molecule has 0 N–H and O–H groups in total. The van der Waals surface area contributed by atoms with Crippen LogP contribution in [0.1, 0.15) is 77.6 Å². The fourth-order valence-electron chi connectivity index (χ4n) is 4.30. The van der Waals surface area contributed by atoms with E-state index >= 15 is 0 Å². The Morgan fingerprint density at radius 1 is 1.10 bits per heavy atom. The first-order chi connectivity index (χ1) is 14.2. The Labute approximate surface area is 175 Å². The van der Waals surface area contributed by atoms with Gasteiger partial charge in [-0.2, -0.15) is 0 Å². The fraction of sp³-hybridized carbons (Fsp3) is 0.792. The summed E-state index contributed by atoms with van der Waals surface area (Å²) in [6.07, 6.45) is 14.9. The average molecular weight is 407 g/mol. The van der Waals surface area contributed by atoms with Crippen LogP contribution < -0.4 is 0 Å². The van der Waals surface area contributed by atoms with Crippen LogP contribution in [0.25, 0.3) is 0 Å². The van der Waals surface area contributed by atoms with Gasteiger partial charge in [0.1, 0.15) is 0 Å². The quantitative estimate of drug-likeness (QED) is 0.287. The highest BCUT2D eigenvalue weighted by atomic mass is 16.7. The van der Waals surface area contributed by atoms with E-state index in [1.807, 2.05) is 0 Å². The molecule has 0 radical (unpaired) electrons. The van der Waals surface area contributed by atoms with Gasteiger partial charge in [-0.3, -0.25) is 4.79 Å². The maximum absolute atomic E-state index is 12.3. The van der Waals surface area contributed by atoms with E-state index < -0.39 is 0 Å². The lowest BCUT2D eigenvalue weighted by atomic mass is 9.99. The lowest BCUT2D eigenvalue weighted by Gasteiger charge is -2.28. The van der Waals surface area contributed by atoms with Crippen molar-refractivity contribution < 1.29 is 23.7 Å². The topological polar surface area (TPSA) is 54.0 Å². The SMILES string of the molecule is C=C1C(=O)CC(OC2CCCCO2)C1C=CC(CCCCC)OC1CCCCO1. The van der Waals surface area contributed by atoms with Gasteiger partial charge in [0, 0.05) is 25.6 Å². The smallest absolute Gasteiger partial charge is 0.161 e. The van der Waals surface area contributed by atoms with E-state index in [2.05, 4.69) is 25.7 Å². The van der Waals surface area contributed by atoms with Gasteiger partial charge in [0.15, 0.2) is 18.4 Å². The molecule has 1 saturated carbocycles. The zero-order valence-electron chi connectivity index (χ0n) is 18.0. The van der Waals surface area contributed by atoms with Crippen molar-refractivity contribution in [1.82, 2.24) is 0 Å². The summed E-state index contributed by atoms with van der Waals surface area (Å²) in [5, 5.41) is 0. The molecule has 0 amide bonds. The van der Waals surface area contributed by atoms with Crippen LogP contribution in [0.4, 0.5) is 0 Å². The fourth-order valence-corrected chi connectivity index (χ4v) is 4.30. The van der Waals surface area contributed by atoms with Gasteiger partial charge < -0.3 is 18.9 Å². The van der Waals surface area contributed by atoms with Crippen molar-refractivity contribution in [2.45, 2.75) is 102 Å². The predicted molar refractivity (Wildman–Crippen MR) is 112 cm³/mol. The van der Waals surface area contributed by atoms with Crippen LogP contribution in [0, 0.1) is 5.92 Å². The first-order valence-corrected chi connectivity index (χ1v) is 11.6. The van der Waals surface area contributed by atoms with Gasteiger partial charge in [0.25, 0.3) is 0 Å². The number of carbonyl (C=O) groups is 1. The lowest BCUT2D eigenvalue weighted by Crippen LogP contribution is -2.30. The third kappa shape index (κ3) is 7.02. The molecular weight excluding hydrogens is 368 g/mol. The first-order valence-electron chi connectivity index (χ1n) is 11.6. The Kier molecular flexibility index (Phi) is 9.37. The Hall–Kier alpha value is -1.01. The van der Waals surface area contributed by atoms with E-state index in [0.29, 0.717) is 12.0 Å². The molecule has 3 fully saturated rings. The molecule has 5 unspecified atom stereocenters. The molecule has 164 valence electrons. The van der Waals surface area contributed by atoms with Crippen molar-refractivity contribution in [3.05, 3.63) is 24.3 Å². The van der Waals surface area contributed by atoms with E-state index in [-0.39, 0.29) is 36.5 Å². The van der Waals surface area contributed by atoms with Crippen LogP contribution in [0.2, 0.25) is 0 Å². The second-order valence-corrected chi connectivity index (χ2v) is 8.50. The van der Waals surface area contributed by atoms with Gasteiger partial charge in [0.05, 0.1) is 12.2 Å². The molecular formula is C24H38O5. The molecule has 5 atom stereocenters. The van der Waals surface area contributed by atoms with Crippen LogP contribution in [0.3, 0.4) is 0 Å². The van der Waals surface area contributed by atoms with Crippen LogP contribution >= 0.6 is 0 Å². The summed E-state index contributed by atoms with van der Waals surface area (Å²) in [6.45, 7) is 7.77. The van der Waals surface area contributed by atoms with Crippen LogP contribution in [-0.2, 0) is 23.7 Å². The van der Waals surface area contributed by atoms with Gasteiger partial charge in [-0.25, -0.2) is 0 Å². The van der Waals surface area contributed by atoms with E-state index in [1.165, 1.54) is 12.8 Å². The number of hydrogen-bond acceptors (Lipinski definition) is 5. The molecule has 2 aliphatic heterocycles. The summed E-state index contributed by atoms with van der Waals surface area (Å²) in [6, 6.07) is 0. The first kappa shape index (κ1) is 22.7. The molecule has 1 aliphatic carbocycles. The van der Waals surface area contributed by atoms with E-state index in [0.717, 1.165) is 64.6 Å². The maximum Gasteiger partial charge on any atom is 0.161 e. The molecule has 0 bridgehead atoms. The maximum atomic E-state index is 12.3. The van der Waals surface area contributed by atoms with Crippen molar-refractivity contribution in [1.29, 1.82) is 0 Å². The third-order valence-electron chi connectivity index (χ3n) is 6.10. The van der Waals surface area contributed by atoms with Gasteiger partial charge in [-0.05, 0) is 50.5 Å². The highest BCUT2D eigenvalue weighted by Crippen LogP contribution is 2.33. The second kappa shape index (κ2) is 12.0. The number of carbonyl (C=O) groups excluding carboxylic acids is 1. The average Bonchev–Trinajstić information content (AvgIpc) is 3.00. The van der Waals surface area contributed by atoms with E-state index in [4.69, 9.17) is 18.9 Å². The van der Waals surface area contributed by atoms with Gasteiger partial charge in [-0.1, -0.05) is 44.9 Å². The summed E-state index contributed by atoms with van der Waals surface area (Å²) < 4.78 is 23.9. The van der Waals surface area contributed by atoms with Crippen molar-refractivity contribution in [3.8, 4) is 0 Å². The molecule has 5 heteroatoms. The molecule has 2 saturated heterocycles. The second-order valence-electron chi connectivity index (χ2n) is 8.50. The van der Waals surface area contributed by atoms with E-state index in [1.54, 1.807) is 0 Å². The zero-order chi connectivity index (χ0) is 20.5.